The van der Waals surface area contributed by atoms with Crippen LogP contribution in [0.3, 0.4) is 0 Å². The molecule has 0 aliphatic heterocycles. The number of rotatable bonds is 4. The van der Waals surface area contributed by atoms with Gasteiger partial charge in [-0.2, -0.15) is 4.31 Å². The second kappa shape index (κ2) is 5.61. The van der Waals surface area contributed by atoms with Gasteiger partial charge in [-0.1, -0.05) is 20.8 Å². The van der Waals surface area contributed by atoms with Gasteiger partial charge >= 0.3 is 0 Å². The standard InChI is InChI=1S/C14H24N2O3S/c1-10(14(2,3)4)16(5)20(17,18)13-8-7-11(15)9-12(13)19-6/h7-10H,15H2,1-6H3. The van der Waals surface area contributed by atoms with Crippen molar-refractivity contribution in [2.45, 2.75) is 38.6 Å². The predicted octanol–water partition coefficient (Wildman–Crippen LogP) is 2.33. The van der Waals surface area contributed by atoms with Gasteiger partial charge in [0.25, 0.3) is 0 Å². The molecule has 1 aromatic rings. The quantitative estimate of drug-likeness (QED) is 0.866. The highest BCUT2D eigenvalue weighted by Crippen LogP contribution is 2.32. The van der Waals surface area contributed by atoms with Crippen LogP contribution < -0.4 is 10.5 Å². The fourth-order valence-corrected chi connectivity index (χ4v) is 3.49. The summed E-state index contributed by atoms with van der Waals surface area (Å²) < 4.78 is 32.0. The van der Waals surface area contributed by atoms with Gasteiger partial charge in [0.2, 0.25) is 10.0 Å². The zero-order chi connectivity index (χ0) is 15.7. The van der Waals surface area contributed by atoms with Gasteiger partial charge in [-0.15, -0.1) is 0 Å². The number of hydrogen-bond donors (Lipinski definition) is 1. The molecule has 0 heterocycles. The number of nitrogens with two attached hydrogens (primary N) is 1. The first-order chi connectivity index (χ1) is 9.01. The third kappa shape index (κ3) is 3.24. The molecule has 0 aliphatic carbocycles. The topological polar surface area (TPSA) is 72.6 Å². The van der Waals surface area contributed by atoms with Crippen LogP contribution in [0, 0.1) is 5.41 Å². The normalized spacial score (nSPS) is 14.3. The SMILES string of the molecule is COc1cc(N)ccc1S(=O)(=O)N(C)C(C)C(C)(C)C. The summed E-state index contributed by atoms with van der Waals surface area (Å²) in [5.41, 5.74) is 5.96. The Labute approximate surface area is 121 Å². The molecule has 0 aromatic heterocycles. The van der Waals surface area contributed by atoms with Gasteiger partial charge in [-0.25, -0.2) is 8.42 Å². The van der Waals surface area contributed by atoms with Crippen molar-refractivity contribution < 1.29 is 13.2 Å². The summed E-state index contributed by atoms with van der Waals surface area (Å²) in [6.07, 6.45) is 0. The number of ether oxygens (including phenoxy) is 1. The van der Waals surface area contributed by atoms with Crippen molar-refractivity contribution in [3.05, 3.63) is 18.2 Å². The van der Waals surface area contributed by atoms with Gasteiger partial charge in [0.1, 0.15) is 10.6 Å². The van der Waals surface area contributed by atoms with Gasteiger partial charge in [0.05, 0.1) is 7.11 Å². The third-order valence-corrected chi connectivity index (χ3v) is 5.61. The number of nitrogen functional groups attached to an aromatic ring is 1. The molecule has 6 heteroatoms. The second-order valence-corrected chi connectivity index (χ2v) is 7.94. The molecule has 0 bridgehead atoms. The molecule has 0 radical (unpaired) electrons. The van der Waals surface area contributed by atoms with E-state index < -0.39 is 10.0 Å². The van der Waals surface area contributed by atoms with E-state index in [9.17, 15) is 8.42 Å². The Bertz CT molecular complexity index is 577. The maximum absolute atomic E-state index is 12.7. The van der Waals surface area contributed by atoms with Gasteiger partial charge in [0, 0.05) is 24.8 Å². The van der Waals surface area contributed by atoms with Crippen LogP contribution in [-0.2, 0) is 10.0 Å². The van der Waals surface area contributed by atoms with Gasteiger partial charge in [-0.05, 0) is 24.5 Å². The summed E-state index contributed by atoms with van der Waals surface area (Å²) in [6, 6.07) is 4.40. The maximum atomic E-state index is 12.7. The molecule has 2 N–H and O–H groups in total. The number of hydrogen-bond acceptors (Lipinski definition) is 4. The number of sulfonamides is 1. The van der Waals surface area contributed by atoms with E-state index in [2.05, 4.69) is 0 Å². The summed E-state index contributed by atoms with van der Waals surface area (Å²) in [5, 5.41) is 0. The number of benzene rings is 1. The van der Waals surface area contributed by atoms with Gasteiger partial charge < -0.3 is 10.5 Å². The smallest absolute Gasteiger partial charge is 0.246 e. The molecular formula is C14H24N2O3S. The van der Waals surface area contributed by atoms with Gasteiger partial charge in [-0.3, -0.25) is 0 Å². The minimum absolute atomic E-state index is 0.132. The Hall–Kier alpha value is -1.27. The number of anilines is 1. The lowest BCUT2D eigenvalue weighted by Crippen LogP contribution is -2.42. The molecule has 1 atom stereocenters. The lowest BCUT2D eigenvalue weighted by atomic mass is 9.88. The van der Waals surface area contributed by atoms with Crippen LogP contribution in [0.4, 0.5) is 5.69 Å². The lowest BCUT2D eigenvalue weighted by Gasteiger charge is -2.34. The maximum Gasteiger partial charge on any atom is 0.246 e. The van der Waals surface area contributed by atoms with Crippen LogP contribution in [0.2, 0.25) is 0 Å². The molecule has 1 aromatic carbocycles. The van der Waals surface area contributed by atoms with E-state index in [1.165, 1.54) is 23.5 Å². The van der Waals surface area contributed by atoms with E-state index in [1.807, 2.05) is 27.7 Å². The van der Waals surface area contributed by atoms with E-state index in [0.29, 0.717) is 5.69 Å². The van der Waals surface area contributed by atoms with Crippen LogP contribution in [-0.4, -0.2) is 32.9 Å². The van der Waals surface area contributed by atoms with Crippen molar-refractivity contribution >= 4 is 15.7 Å². The summed E-state index contributed by atoms with van der Waals surface area (Å²) in [4.78, 5) is 0.132. The molecule has 0 fully saturated rings. The van der Waals surface area contributed by atoms with Crippen molar-refractivity contribution in [1.82, 2.24) is 4.31 Å². The minimum Gasteiger partial charge on any atom is -0.495 e. The average molecular weight is 300 g/mol. The van der Waals surface area contributed by atoms with Crippen LogP contribution in [0.5, 0.6) is 5.75 Å². The third-order valence-electron chi connectivity index (χ3n) is 3.64. The van der Waals surface area contributed by atoms with E-state index in [1.54, 1.807) is 13.1 Å². The van der Waals surface area contributed by atoms with E-state index in [0.717, 1.165) is 0 Å². The van der Waals surface area contributed by atoms with Crippen LogP contribution in [0.15, 0.2) is 23.1 Å². The Morgan fingerprint density at radius 3 is 2.30 bits per heavy atom. The van der Waals surface area contributed by atoms with Crippen molar-refractivity contribution in [1.29, 1.82) is 0 Å². The van der Waals surface area contributed by atoms with Crippen molar-refractivity contribution in [3.8, 4) is 5.75 Å². The predicted molar refractivity (Wildman–Crippen MR) is 81.3 cm³/mol. The molecule has 0 aliphatic rings. The zero-order valence-electron chi connectivity index (χ0n) is 13.0. The summed E-state index contributed by atoms with van der Waals surface area (Å²) in [7, 11) is -0.612. The zero-order valence-corrected chi connectivity index (χ0v) is 13.8. The summed E-state index contributed by atoms with van der Waals surface area (Å²) in [5.74, 6) is 0.262. The average Bonchev–Trinajstić information content (AvgIpc) is 2.35. The van der Waals surface area contributed by atoms with Crippen molar-refractivity contribution in [2.24, 2.45) is 5.41 Å². The molecular weight excluding hydrogens is 276 g/mol. The molecule has 1 rings (SSSR count). The molecule has 0 saturated heterocycles. The van der Waals surface area contributed by atoms with Crippen LogP contribution >= 0.6 is 0 Å². The minimum atomic E-state index is -3.63. The highest BCUT2D eigenvalue weighted by molar-refractivity contribution is 7.89. The van der Waals surface area contributed by atoms with E-state index >= 15 is 0 Å². The highest BCUT2D eigenvalue weighted by Gasteiger charge is 2.34. The first-order valence-electron chi connectivity index (χ1n) is 6.43. The lowest BCUT2D eigenvalue weighted by molar-refractivity contribution is 0.216. The first-order valence-corrected chi connectivity index (χ1v) is 7.87. The molecule has 20 heavy (non-hydrogen) atoms. The van der Waals surface area contributed by atoms with Crippen molar-refractivity contribution in [2.75, 3.05) is 19.9 Å². The molecule has 0 amide bonds. The van der Waals surface area contributed by atoms with E-state index in [-0.39, 0.29) is 22.1 Å². The first kappa shape index (κ1) is 16.8. The van der Waals surface area contributed by atoms with Crippen LogP contribution in [0.1, 0.15) is 27.7 Å². The molecule has 0 saturated carbocycles. The summed E-state index contributed by atoms with van der Waals surface area (Å²) in [6.45, 7) is 7.90. The van der Waals surface area contributed by atoms with Crippen LogP contribution in [0.25, 0.3) is 0 Å². The fraction of sp³-hybridized carbons (Fsp3) is 0.571. The molecule has 1 unspecified atom stereocenters. The fourth-order valence-electron chi connectivity index (χ4n) is 1.81. The van der Waals surface area contributed by atoms with Gasteiger partial charge in [0.15, 0.2) is 0 Å². The Kier molecular flexibility index (Phi) is 4.71. The second-order valence-electron chi connectivity index (χ2n) is 5.97. The molecule has 114 valence electrons. The van der Waals surface area contributed by atoms with E-state index in [4.69, 9.17) is 10.5 Å². The Morgan fingerprint density at radius 1 is 1.30 bits per heavy atom. The summed E-state index contributed by atoms with van der Waals surface area (Å²) >= 11 is 0. The molecule has 5 nitrogen and oxygen atoms in total. The Balaban J connectivity index is 3.30. The number of nitrogens with zero attached hydrogens (tertiary/aromatic N) is 1. The largest absolute Gasteiger partial charge is 0.495 e. The Morgan fingerprint density at radius 2 is 1.85 bits per heavy atom. The monoisotopic (exact) mass is 300 g/mol. The van der Waals surface area contributed by atoms with Crippen molar-refractivity contribution in [3.63, 3.8) is 0 Å². The number of methoxy groups -OCH3 is 1. The molecule has 0 spiro atoms. The highest BCUT2D eigenvalue weighted by atomic mass is 32.2.